The number of hydrogen-bond donors (Lipinski definition) is 0. The van der Waals surface area contributed by atoms with E-state index >= 15 is 0 Å². The number of hydrogen-bond acceptors (Lipinski definition) is 3. The van der Waals surface area contributed by atoms with E-state index in [1.54, 1.807) is 0 Å². The van der Waals surface area contributed by atoms with E-state index in [2.05, 4.69) is 4.90 Å². The molecule has 23 heavy (non-hydrogen) atoms. The lowest BCUT2D eigenvalue weighted by atomic mass is 9.96. The smallest absolute Gasteiger partial charge is 0.381 e. The first-order valence-electron chi connectivity index (χ1n) is 8.66. The molecule has 0 aliphatic carbocycles. The lowest BCUT2D eigenvalue weighted by Gasteiger charge is -2.39. The highest BCUT2D eigenvalue weighted by Gasteiger charge is 2.45. The molecule has 2 atom stereocenters. The van der Waals surface area contributed by atoms with Gasteiger partial charge in [-0.2, -0.15) is 13.2 Å². The van der Waals surface area contributed by atoms with E-state index in [0.717, 1.165) is 32.2 Å². The predicted octanol–water partition coefficient (Wildman–Crippen LogP) is 2.43. The Balaban J connectivity index is 1.64. The van der Waals surface area contributed by atoms with E-state index in [4.69, 9.17) is 4.74 Å². The normalized spacial score (nSPS) is 31.5. The van der Waals surface area contributed by atoms with Gasteiger partial charge in [0.1, 0.15) is 0 Å². The van der Waals surface area contributed by atoms with Crippen LogP contribution in [0.3, 0.4) is 0 Å². The van der Waals surface area contributed by atoms with Gasteiger partial charge in [0.15, 0.2) is 0 Å². The first-order valence-corrected chi connectivity index (χ1v) is 8.66. The Morgan fingerprint density at radius 1 is 1.00 bits per heavy atom. The molecule has 0 spiro atoms. The third kappa shape index (κ3) is 3.82. The maximum absolute atomic E-state index is 13.0. The quantitative estimate of drug-likeness (QED) is 0.778. The van der Waals surface area contributed by atoms with E-state index < -0.39 is 12.1 Å². The fraction of sp³-hybridized carbons (Fsp3) is 0.938. The highest BCUT2D eigenvalue weighted by atomic mass is 19.4. The number of amides is 1. The summed E-state index contributed by atoms with van der Waals surface area (Å²) in [5.41, 5.74) is 0. The van der Waals surface area contributed by atoms with Crippen LogP contribution in [0.15, 0.2) is 0 Å². The summed E-state index contributed by atoms with van der Waals surface area (Å²) >= 11 is 0. The van der Waals surface area contributed by atoms with E-state index in [1.807, 2.05) is 0 Å². The van der Waals surface area contributed by atoms with Gasteiger partial charge >= 0.3 is 6.18 Å². The van der Waals surface area contributed by atoms with Crippen molar-refractivity contribution < 1.29 is 22.7 Å². The van der Waals surface area contributed by atoms with Crippen LogP contribution in [0.1, 0.15) is 38.5 Å². The molecule has 1 amide bonds. The maximum Gasteiger partial charge on any atom is 0.393 e. The van der Waals surface area contributed by atoms with E-state index in [0.29, 0.717) is 32.2 Å². The standard InChI is InChI=1S/C16H25F3N2O2/c17-16(18,19)12-3-1-7-20(11-12)15(22)14-4-2-8-21(14)13-5-9-23-10-6-13/h12-14H,1-11H2/t12-,14+/m1/s1. The summed E-state index contributed by atoms with van der Waals surface area (Å²) in [6, 6.07) is 0.105. The Morgan fingerprint density at radius 3 is 2.39 bits per heavy atom. The molecule has 0 saturated carbocycles. The summed E-state index contributed by atoms with van der Waals surface area (Å²) in [7, 11) is 0. The molecule has 0 aromatic heterocycles. The number of ether oxygens (including phenoxy) is 1. The van der Waals surface area contributed by atoms with Crippen LogP contribution in [-0.4, -0.2) is 66.8 Å². The number of alkyl halides is 3. The van der Waals surface area contributed by atoms with Gasteiger partial charge in [-0.3, -0.25) is 9.69 Å². The number of nitrogens with zero attached hydrogens (tertiary/aromatic N) is 2. The van der Waals surface area contributed by atoms with Crippen LogP contribution in [-0.2, 0) is 9.53 Å². The summed E-state index contributed by atoms with van der Waals surface area (Å²) in [6.07, 6.45) is -0.0753. The Morgan fingerprint density at radius 2 is 1.70 bits per heavy atom. The highest BCUT2D eigenvalue weighted by molar-refractivity contribution is 5.82. The topological polar surface area (TPSA) is 32.8 Å². The van der Waals surface area contributed by atoms with Gasteiger partial charge in [-0.25, -0.2) is 0 Å². The van der Waals surface area contributed by atoms with Crippen molar-refractivity contribution in [1.29, 1.82) is 0 Å². The van der Waals surface area contributed by atoms with Gasteiger partial charge < -0.3 is 9.64 Å². The molecule has 3 rings (SSSR count). The molecule has 3 heterocycles. The third-order valence-corrected chi connectivity index (χ3v) is 5.44. The fourth-order valence-corrected chi connectivity index (χ4v) is 4.16. The molecule has 0 bridgehead atoms. The predicted molar refractivity (Wildman–Crippen MR) is 78.9 cm³/mol. The average Bonchev–Trinajstić information content (AvgIpc) is 3.04. The van der Waals surface area contributed by atoms with Crippen LogP contribution < -0.4 is 0 Å². The highest BCUT2D eigenvalue weighted by Crippen LogP contribution is 2.34. The molecule has 0 unspecified atom stereocenters. The number of likely N-dealkylation sites (tertiary alicyclic amines) is 2. The van der Waals surface area contributed by atoms with Crippen LogP contribution in [0, 0.1) is 5.92 Å². The van der Waals surface area contributed by atoms with Crippen LogP contribution in [0.5, 0.6) is 0 Å². The lowest BCUT2D eigenvalue weighted by molar-refractivity contribution is -0.188. The first-order chi connectivity index (χ1) is 11.0. The molecule has 3 fully saturated rings. The van der Waals surface area contributed by atoms with Crippen molar-refractivity contribution in [2.24, 2.45) is 5.92 Å². The zero-order chi connectivity index (χ0) is 16.4. The molecule has 4 nitrogen and oxygen atoms in total. The summed E-state index contributed by atoms with van der Waals surface area (Å²) in [6.45, 7) is 2.59. The van der Waals surface area contributed by atoms with Crippen molar-refractivity contribution in [2.75, 3.05) is 32.8 Å². The van der Waals surface area contributed by atoms with Gasteiger partial charge in [-0.1, -0.05) is 0 Å². The average molecular weight is 334 g/mol. The molecule has 0 aromatic carbocycles. The fourth-order valence-electron chi connectivity index (χ4n) is 4.16. The van der Waals surface area contributed by atoms with E-state index in [9.17, 15) is 18.0 Å². The van der Waals surface area contributed by atoms with E-state index in [1.165, 1.54) is 4.90 Å². The molecular formula is C16H25F3N2O2. The maximum atomic E-state index is 13.0. The Hall–Kier alpha value is -0.820. The number of carbonyl (C=O) groups excluding carboxylic acids is 1. The largest absolute Gasteiger partial charge is 0.393 e. The number of piperidine rings is 1. The van der Waals surface area contributed by atoms with Crippen LogP contribution in [0.4, 0.5) is 13.2 Å². The molecule has 3 saturated heterocycles. The van der Waals surface area contributed by atoms with Crippen molar-refractivity contribution in [2.45, 2.75) is 56.8 Å². The second kappa shape index (κ2) is 6.97. The number of carbonyl (C=O) groups is 1. The third-order valence-electron chi connectivity index (χ3n) is 5.44. The number of halogens is 3. The summed E-state index contributed by atoms with van der Waals surface area (Å²) < 4.78 is 44.3. The van der Waals surface area contributed by atoms with Crippen LogP contribution in [0.25, 0.3) is 0 Å². The molecular weight excluding hydrogens is 309 g/mol. The van der Waals surface area contributed by atoms with Crippen LogP contribution >= 0.6 is 0 Å². The van der Waals surface area contributed by atoms with Gasteiger partial charge in [-0.15, -0.1) is 0 Å². The first kappa shape index (κ1) is 17.0. The molecule has 3 aliphatic rings. The SMILES string of the molecule is O=C([C@@H]1CCCN1C1CCOCC1)N1CCC[C@@H](C(F)(F)F)C1. The van der Waals surface area contributed by atoms with Gasteiger partial charge in [-0.05, 0) is 45.1 Å². The van der Waals surface area contributed by atoms with Gasteiger partial charge in [0.05, 0.1) is 12.0 Å². The zero-order valence-corrected chi connectivity index (χ0v) is 13.4. The minimum absolute atomic E-state index is 0.0945. The monoisotopic (exact) mass is 334 g/mol. The van der Waals surface area contributed by atoms with Crippen molar-refractivity contribution in [1.82, 2.24) is 9.80 Å². The Kier molecular flexibility index (Phi) is 5.16. The summed E-state index contributed by atoms with van der Waals surface area (Å²) in [5, 5.41) is 0. The molecule has 3 aliphatic heterocycles. The lowest BCUT2D eigenvalue weighted by Crippen LogP contribution is -2.53. The zero-order valence-electron chi connectivity index (χ0n) is 13.4. The minimum atomic E-state index is -4.20. The molecule has 7 heteroatoms. The Labute approximate surface area is 134 Å². The molecule has 0 N–H and O–H groups in total. The second-order valence-electron chi connectivity index (χ2n) is 6.90. The molecule has 132 valence electrons. The number of rotatable bonds is 2. The van der Waals surface area contributed by atoms with Gasteiger partial charge in [0, 0.05) is 32.3 Å². The summed E-state index contributed by atoms with van der Waals surface area (Å²) in [4.78, 5) is 16.5. The van der Waals surface area contributed by atoms with Gasteiger partial charge in [0.2, 0.25) is 5.91 Å². The second-order valence-corrected chi connectivity index (χ2v) is 6.90. The van der Waals surface area contributed by atoms with E-state index in [-0.39, 0.29) is 24.9 Å². The molecule has 0 aromatic rings. The molecule has 0 radical (unpaired) electrons. The minimum Gasteiger partial charge on any atom is -0.381 e. The van der Waals surface area contributed by atoms with Crippen molar-refractivity contribution in [3.63, 3.8) is 0 Å². The van der Waals surface area contributed by atoms with Crippen molar-refractivity contribution in [3.8, 4) is 0 Å². The van der Waals surface area contributed by atoms with Gasteiger partial charge in [0.25, 0.3) is 0 Å². The summed E-state index contributed by atoms with van der Waals surface area (Å²) in [5.74, 6) is -1.46. The van der Waals surface area contributed by atoms with Crippen LogP contribution in [0.2, 0.25) is 0 Å². The Bertz CT molecular complexity index is 424. The van der Waals surface area contributed by atoms with Crippen molar-refractivity contribution in [3.05, 3.63) is 0 Å². The van der Waals surface area contributed by atoms with Crippen molar-refractivity contribution >= 4 is 5.91 Å².